The first-order valence-electron chi connectivity index (χ1n) is 12.5. The molecule has 2 aromatic heterocycles. The van der Waals surface area contributed by atoms with E-state index < -0.39 is 29.4 Å². The summed E-state index contributed by atoms with van der Waals surface area (Å²) < 4.78 is 56.3. The molecule has 0 bridgehead atoms. The van der Waals surface area contributed by atoms with Crippen LogP contribution in [0.25, 0.3) is 11.0 Å². The van der Waals surface area contributed by atoms with Crippen LogP contribution in [0.5, 0.6) is 0 Å². The van der Waals surface area contributed by atoms with Gasteiger partial charge in [0.2, 0.25) is 5.95 Å². The van der Waals surface area contributed by atoms with Crippen molar-refractivity contribution in [2.24, 2.45) is 17.6 Å². The lowest BCUT2D eigenvalue weighted by Crippen LogP contribution is -2.33. The monoisotopic (exact) mass is 520 g/mol. The quantitative estimate of drug-likeness (QED) is 0.392. The van der Waals surface area contributed by atoms with E-state index in [-0.39, 0.29) is 37.2 Å². The van der Waals surface area contributed by atoms with Gasteiger partial charge in [0.15, 0.2) is 5.82 Å². The molecule has 0 saturated carbocycles. The molecule has 200 valence electrons. The minimum atomic E-state index is -4.29. The van der Waals surface area contributed by atoms with E-state index in [9.17, 15) is 22.4 Å². The van der Waals surface area contributed by atoms with Crippen LogP contribution in [0.15, 0.2) is 35.3 Å². The van der Waals surface area contributed by atoms with Crippen LogP contribution in [0.4, 0.5) is 34.9 Å². The second-order valence-electron chi connectivity index (χ2n) is 9.62. The van der Waals surface area contributed by atoms with Gasteiger partial charge in [0.1, 0.15) is 5.65 Å². The Hall–Kier alpha value is -3.21. The fraction of sp³-hybridized carbons (Fsp3) is 0.500. The van der Waals surface area contributed by atoms with Gasteiger partial charge in [-0.2, -0.15) is 18.2 Å². The Balaban J connectivity index is 1.61. The molecule has 0 amide bonds. The molecule has 3 N–H and O–H groups in total. The predicted octanol–water partition coefficient (Wildman–Crippen LogP) is 5.31. The topological polar surface area (TPSA) is 89.1 Å². The van der Waals surface area contributed by atoms with Crippen LogP contribution in [-0.4, -0.2) is 40.3 Å². The van der Waals surface area contributed by atoms with Crippen molar-refractivity contribution in [2.75, 3.05) is 29.9 Å². The Bertz CT molecular complexity index is 1310. The van der Waals surface area contributed by atoms with Crippen LogP contribution in [0.3, 0.4) is 0 Å². The molecule has 1 aliphatic rings. The lowest BCUT2D eigenvalue weighted by atomic mass is 9.96. The summed E-state index contributed by atoms with van der Waals surface area (Å²) >= 11 is 0. The molecule has 3 unspecified atom stereocenters. The number of pyridine rings is 1. The zero-order chi connectivity index (χ0) is 26.9. The molecule has 0 radical (unpaired) electrons. The number of nitrogens with one attached hydrogen (secondary N) is 1. The maximum atomic E-state index is 14.7. The summed E-state index contributed by atoms with van der Waals surface area (Å²) in [5.74, 6) is -2.66. The first-order chi connectivity index (χ1) is 17.6. The van der Waals surface area contributed by atoms with E-state index in [0.29, 0.717) is 35.2 Å². The number of fused-ring (bicyclic) bond motifs is 1. The van der Waals surface area contributed by atoms with Gasteiger partial charge >= 0.3 is 6.18 Å². The summed E-state index contributed by atoms with van der Waals surface area (Å²) in [7, 11) is 0. The average Bonchev–Trinajstić information content (AvgIpc) is 3.33. The van der Waals surface area contributed by atoms with Crippen LogP contribution in [0.2, 0.25) is 0 Å². The summed E-state index contributed by atoms with van der Waals surface area (Å²) in [6.45, 7) is 5.58. The Kier molecular flexibility index (Phi) is 7.72. The van der Waals surface area contributed by atoms with Gasteiger partial charge in [-0.05, 0) is 50.6 Å². The standard InChI is InChI=1S/C26H32F4N6O/c1-4-6-18(5-2)36-23-20(15(3)22(27)24(36)37)12-32-25(34-23)33-17-7-9-19(10-8-17)35-13-16(11-31)21(14-35)26(28,29)30/h7-10,12,16,18,21H,4-6,11,13-14,31H2,1-3H3,(H,32,33,34). The predicted molar refractivity (Wildman–Crippen MR) is 137 cm³/mol. The normalized spacial score (nSPS) is 19.0. The number of benzene rings is 1. The first-order valence-corrected chi connectivity index (χ1v) is 12.5. The molecule has 1 saturated heterocycles. The van der Waals surface area contributed by atoms with E-state index in [4.69, 9.17) is 5.73 Å². The molecule has 3 atom stereocenters. The molecule has 3 heterocycles. The molecule has 0 spiro atoms. The molecule has 7 nitrogen and oxygen atoms in total. The van der Waals surface area contributed by atoms with Crippen molar-refractivity contribution in [3.63, 3.8) is 0 Å². The van der Waals surface area contributed by atoms with Crippen LogP contribution in [-0.2, 0) is 0 Å². The Morgan fingerprint density at radius 1 is 1.19 bits per heavy atom. The minimum Gasteiger partial charge on any atom is -0.371 e. The molecule has 11 heteroatoms. The van der Waals surface area contributed by atoms with Crippen molar-refractivity contribution < 1.29 is 17.6 Å². The SMILES string of the molecule is CCCC(CC)n1c(=O)c(F)c(C)c2cnc(Nc3ccc(N4CC(CN)C(C(F)(F)F)C4)cc3)nc21. The fourth-order valence-corrected chi connectivity index (χ4v) is 5.13. The highest BCUT2D eigenvalue weighted by atomic mass is 19.4. The number of aromatic nitrogens is 3. The number of halogens is 4. The highest BCUT2D eigenvalue weighted by Crippen LogP contribution is 2.39. The van der Waals surface area contributed by atoms with Crippen molar-refractivity contribution >= 4 is 28.4 Å². The third kappa shape index (κ3) is 5.27. The number of nitrogens with zero attached hydrogens (tertiary/aromatic N) is 4. The number of hydrogen-bond donors (Lipinski definition) is 2. The van der Waals surface area contributed by atoms with E-state index in [2.05, 4.69) is 15.3 Å². The van der Waals surface area contributed by atoms with Crippen LogP contribution in [0, 0.1) is 24.6 Å². The van der Waals surface area contributed by atoms with Crippen molar-refractivity contribution in [3.05, 3.63) is 52.2 Å². The van der Waals surface area contributed by atoms with Crippen LogP contribution >= 0.6 is 0 Å². The summed E-state index contributed by atoms with van der Waals surface area (Å²) in [4.78, 5) is 23.4. The van der Waals surface area contributed by atoms with E-state index >= 15 is 0 Å². The molecular formula is C26H32F4N6O. The number of anilines is 3. The molecule has 4 rings (SSSR count). The van der Waals surface area contributed by atoms with Gasteiger partial charge in [-0.1, -0.05) is 20.3 Å². The summed E-state index contributed by atoms with van der Waals surface area (Å²) in [5.41, 5.74) is 6.76. The summed E-state index contributed by atoms with van der Waals surface area (Å²) in [6.07, 6.45) is -0.601. The fourth-order valence-electron chi connectivity index (χ4n) is 5.13. The van der Waals surface area contributed by atoms with Crippen LogP contribution < -0.4 is 21.5 Å². The van der Waals surface area contributed by atoms with Crippen molar-refractivity contribution in [2.45, 2.75) is 52.3 Å². The van der Waals surface area contributed by atoms with Gasteiger partial charge < -0.3 is 16.0 Å². The van der Waals surface area contributed by atoms with Crippen molar-refractivity contribution in [1.29, 1.82) is 0 Å². The molecule has 0 aliphatic carbocycles. The van der Waals surface area contributed by atoms with Gasteiger partial charge in [-0.15, -0.1) is 0 Å². The van der Waals surface area contributed by atoms with Gasteiger partial charge in [-0.3, -0.25) is 9.36 Å². The number of hydrogen-bond acceptors (Lipinski definition) is 6. The Morgan fingerprint density at radius 3 is 2.46 bits per heavy atom. The molecule has 1 aliphatic heterocycles. The smallest absolute Gasteiger partial charge is 0.371 e. The maximum absolute atomic E-state index is 14.7. The second kappa shape index (κ2) is 10.6. The summed E-state index contributed by atoms with van der Waals surface area (Å²) in [6, 6.07) is 6.74. The van der Waals surface area contributed by atoms with Gasteiger partial charge in [-0.25, -0.2) is 9.37 Å². The Morgan fingerprint density at radius 2 is 1.89 bits per heavy atom. The number of aryl methyl sites for hydroxylation is 1. The van der Waals surface area contributed by atoms with Crippen molar-refractivity contribution in [3.8, 4) is 0 Å². The van der Waals surface area contributed by atoms with Gasteiger partial charge in [0, 0.05) is 53.6 Å². The van der Waals surface area contributed by atoms with E-state index in [1.54, 1.807) is 29.2 Å². The minimum absolute atomic E-state index is 0.0226. The number of alkyl halides is 3. The maximum Gasteiger partial charge on any atom is 0.393 e. The first kappa shape index (κ1) is 26.8. The Labute approximate surface area is 212 Å². The lowest BCUT2D eigenvalue weighted by Gasteiger charge is -2.21. The average molecular weight is 521 g/mol. The second-order valence-corrected chi connectivity index (χ2v) is 9.62. The van der Waals surface area contributed by atoms with Crippen molar-refractivity contribution in [1.82, 2.24) is 14.5 Å². The van der Waals surface area contributed by atoms with Gasteiger partial charge in [0.05, 0.1) is 5.92 Å². The largest absolute Gasteiger partial charge is 0.393 e. The lowest BCUT2D eigenvalue weighted by molar-refractivity contribution is -0.177. The molecular weight excluding hydrogens is 488 g/mol. The number of rotatable bonds is 8. The van der Waals surface area contributed by atoms with Crippen LogP contribution in [0.1, 0.15) is 44.7 Å². The van der Waals surface area contributed by atoms with E-state index in [1.807, 2.05) is 13.8 Å². The molecule has 1 fully saturated rings. The third-order valence-electron chi connectivity index (χ3n) is 7.25. The third-order valence-corrected chi connectivity index (χ3v) is 7.25. The number of nitrogens with two attached hydrogens (primary N) is 1. The molecule has 37 heavy (non-hydrogen) atoms. The van der Waals surface area contributed by atoms with E-state index in [0.717, 1.165) is 6.42 Å². The highest BCUT2D eigenvalue weighted by molar-refractivity contribution is 5.79. The summed E-state index contributed by atoms with van der Waals surface area (Å²) in [5, 5.41) is 3.55. The highest BCUT2D eigenvalue weighted by Gasteiger charge is 2.49. The van der Waals surface area contributed by atoms with E-state index in [1.165, 1.54) is 17.7 Å². The van der Waals surface area contributed by atoms with Gasteiger partial charge in [0.25, 0.3) is 5.56 Å². The zero-order valence-corrected chi connectivity index (χ0v) is 21.1. The molecule has 3 aromatic rings. The molecule has 1 aromatic carbocycles. The zero-order valence-electron chi connectivity index (χ0n) is 21.1.